The van der Waals surface area contributed by atoms with Gasteiger partial charge in [0.1, 0.15) is 11.5 Å². The Hall–Kier alpha value is -1.77. The molecule has 0 aliphatic carbocycles. The minimum atomic E-state index is -5.12. The number of anilines is 1. The number of halogens is 6. The number of rotatable bonds is 2. The molecular weight excluding hydrogens is 278 g/mol. The van der Waals surface area contributed by atoms with Crippen LogP contribution in [0.1, 0.15) is 6.92 Å². The predicted molar refractivity (Wildman–Crippen MR) is 53.6 cm³/mol. The van der Waals surface area contributed by atoms with E-state index in [1.807, 2.05) is 0 Å². The summed E-state index contributed by atoms with van der Waals surface area (Å²) >= 11 is 0. The van der Waals surface area contributed by atoms with E-state index >= 15 is 0 Å². The van der Waals surface area contributed by atoms with E-state index in [2.05, 4.69) is 0 Å². The van der Waals surface area contributed by atoms with Crippen LogP contribution < -0.4 is 11.1 Å². The summed E-state index contributed by atoms with van der Waals surface area (Å²) in [6, 6.07) is 0.417. The van der Waals surface area contributed by atoms with Gasteiger partial charge in [-0.05, 0) is 6.92 Å². The maximum absolute atomic E-state index is 13.1. The van der Waals surface area contributed by atoms with Crippen LogP contribution in [0.2, 0.25) is 0 Å². The average molecular weight is 286 g/mol. The van der Waals surface area contributed by atoms with Gasteiger partial charge in [-0.3, -0.25) is 4.79 Å². The van der Waals surface area contributed by atoms with Crippen LogP contribution in [0.25, 0.3) is 0 Å². The third kappa shape index (κ3) is 2.98. The van der Waals surface area contributed by atoms with Crippen molar-refractivity contribution in [1.82, 2.24) is 0 Å². The SMILES string of the molecule is CC(N)(C(=O)Nc1c(F)cc(F)cc1F)C(F)(F)F. The van der Waals surface area contributed by atoms with Crippen molar-refractivity contribution in [2.45, 2.75) is 18.6 Å². The Morgan fingerprint density at radius 1 is 1.16 bits per heavy atom. The van der Waals surface area contributed by atoms with Crippen molar-refractivity contribution in [1.29, 1.82) is 0 Å². The lowest BCUT2D eigenvalue weighted by molar-refractivity contribution is -0.184. The molecule has 0 spiro atoms. The first-order chi connectivity index (χ1) is 8.46. The van der Waals surface area contributed by atoms with E-state index in [9.17, 15) is 31.1 Å². The number of nitrogens with two attached hydrogens (primary N) is 1. The van der Waals surface area contributed by atoms with Gasteiger partial charge in [0.2, 0.25) is 0 Å². The summed E-state index contributed by atoms with van der Waals surface area (Å²) in [4.78, 5) is 11.3. The number of nitrogens with one attached hydrogen (secondary N) is 1. The van der Waals surface area contributed by atoms with E-state index in [0.29, 0.717) is 6.92 Å². The molecule has 0 fully saturated rings. The van der Waals surface area contributed by atoms with Gasteiger partial charge in [0.25, 0.3) is 5.91 Å². The third-order valence-electron chi connectivity index (χ3n) is 2.31. The normalized spacial score (nSPS) is 14.9. The van der Waals surface area contributed by atoms with Crippen LogP contribution in [0.5, 0.6) is 0 Å². The largest absolute Gasteiger partial charge is 0.415 e. The van der Waals surface area contributed by atoms with Crippen LogP contribution in [0.15, 0.2) is 12.1 Å². The molecule has 1 amide bonds. The maximum Gasteiger partial charge on any atom is 0.415 e. The average Bonchev–Trinajstić information content (AvgIpc) is 2.21. The van der Waals surface area contributed by atoms with Gasteiger partial charge in [-0.1, -0.05) is 0 Å². The number of hydrogen-bond acceptors (Lipinski definition) is 2. The number of carbonyl (C=O) groups is 1. The molecule has 106 valence electrons. The van der Waals surface area contributed by atoms with Crippen molar-refractivity contribution in [3.05, 3.63) is 29.6 Å². The van der Waals surface area contributed by atoms with Gasteiger partial charge in [-0.25, -0.2) is 13.2 Å². The van der Waals surface area contributed by atoms with Crippen LogP contribution in [-0.4, -0.2) is 17.6 Å². The first kappa shape index (κ1) is 15.3. The van der Waals surface area contributed by atoms with Crippen LogP contribution >= 0.6 is 0 Å². The fraction of sp³-hybridized carbons (Fsp3) is 0.300. The molecule has 1 aromatic carbocycles. The number of alkyl halides is 3. The van der Waals surface area contributed by atoms with E-state index in [1.54, 1.807) is 0 Å². The fourth-order valence-corrected chi connectivity index (χ4v) is 1.03. The van der Waals surface area contributed by atoms with Gasteiger partial charge in [-0.15, -0.1) is 0 Å². The molecule has 0 aliphatic heterocycles. The zero-order chi connectivity index (χ0) is 15.0. The highest BCUT2D eigenvalue weighted by molar-refractivity contribution is 5.98. The van der Waals surface area contributed by atoms with Crippen LogP contribution in [0.3, 0.4) is 0 Å². The lowest BCUT2D eigenvalue weighted by Gasteiger charge is -2.26. The molecule has 3 nitrogen and oxygen atoms in total. The zero-order valence-electron chi connectivity index (χ0n) is 9.41. The van der Waals surface area contributed by atoms with Crippen LogP contribution in [0, 0.1) is 17.5 Å². The van der Waals surface area contributed by atoms with Crippen molar-refractivity contribution < 1.29 is 31.1 Å². The molecule has 9 heteroatoms. The van der Waals surface area contributed by atoms with E-state index in [-0.39, 0.29) is 12.1 Å². The standard InChI is InChI=1S/C10H8F6N2O/c1-9(17,10(14,15)16)8(19)18-7-5(12)2-4(11)3-6(7)13/h2-3H,17H2,1H3,(H,18,19). The zero-order valence-corrected chi connectivity index (χ0v) is 9.41. The van der Waals surface area contributed by atoms with E-state index in [1.165, 1.54) is 5.32 Å². The van der Waals surface area contributed by atoms with E-state index < -0.39 is 40.8 Å². The molecule has 1 atom stereocenters. The number of hydrogen-bond donors (Lipinski definition) is 2. The Balaban J connectivity index is 3.08. The Morgan fingerprint density at radius 2 is 1.58 bits per heavy atom. The highest BCUT2D eigenvalue weighted by Crippen LogP contribution is 2.30. The van der Waals surface area contributed by atoms with Gasteiger partial charge in [0, 0.05) is 12.1 Å². The first-order valence-corrected chi connectivity index (χ1v) is 4.78. The summed E-state index contributed by atoms with van der Waals surface area (Å²) in [7, 11) is 0. The number of amides is 1. The second-order valence-electron chi connectivity index (χ2n) is 3.90. The topological polar surface area (TPSA) is 55.1 Å². The van der Waals surface area contributed by atoms with E-state index in [4.69, 9.17) is 5.73 Å². The molecule has 1 rings (SSSR count). The smallest absolute Gasteiger partial charge is 0.319 e. The summed E-state index contributed by atoms with van der Waals surface area (Å²) in [6.07, 6.45) is -5.12. The highest BCUT2D eigenvalue weighted by Gasteiger charge is 2.54. The van der Waals surface area contributed by atoms with Gasteiger partial charge >= 0.3 is 6.18 Å². The Morgan fingerprint density at radius 3 is 1.95 bits per heavy atom. The molecule has 1 unspecified atom stereocenters. The lowest BCUT2D eigenvalue weighted by atomic mass is 10.0. The molecule has 0 radical (unpaired) electrons. The Bertz CT molecular complexity index is 488. The van der Waals surface area contributed by atoms with Crippen molar-refractivity contribution >= 4 is 11.6 Å². The van der Waals surface area contributed by atoms with Crippen molar-refractivity contribution in [2.24, 2.45) is 5.73 Å². The maximum atomic E-state index is 13.1. The summed E-state index contributed by atoms with van der Waals surface area (Å²) < 4.78 is 76.1. The fourth-order valence-electron chi connectivity index (χ4n) is 1.03. The second kappa shape index (κ2) is 4.72. The molecule has 0 saturated carbocycles. The lowest BCUT2D eigenvalue weighted by Crippen LogP contribution is -2.59. The molecule has 0 aliphatic rings. The summed E-state index contributed by atoms with van der Waals surface area (Å²) in [5.41, 5.74) is 0.211. The number of carbonyl (C=O) groups excluding carboxylic acids is 1. The van der Waals surface area contributed by atoms with Crippen LogP contribution in [-0.2, 0) is 4.79 Å². The Kier molecular flexibility index (Phi) is 3.80. The molecule has 0 heterocycles. The van der Waals surface area contributed by atoms with Gasteiger partial charge in [0.15, 0.2) is 17.2 Å². The van der Waals surface area contributed by atoms with E-state index in [0.717, 1.165) is 0 Å². The third-order valence-corrected chi connectivity index (χ3v) is 2.31. The minimum absolute atomic E-state index is 0.208. The second-order valence-corrected chi connectivity index (χ2v) is 3.90. The van der Waals surface area contributed by atoms with Crippen molar-refractivity contribution in [3.8, 4) is 0 Å². The summed E-state index contributed by atoms with van der Waals surface area (Å²) in [6.45, 7) is 0.335. The number of benzene rings is 1. The van der Waals surface area contributed by atoms with Gasteiger partial charge in [0.05, 0.1) is 0 Å². The summed E-state index contributed by atoms with van der Waals surface area (Å²) in [5, 5.41) is 1.35. The van der Waals surface area contributed by atoms with Crippen LogP contribution in [0.4, 0.5) is 32.0 Å². The quantitative estimate of drug-likeness (QED) is 0.820. The predicted octanol–water partition coefficient (Wildman–Crippen LogP) is 2.32. The molecule has 0 aromatic heterocycles. The van der Waals surface area contributed by atoms with Gasteiger partial charge < -0.3 is 11.1 Å². The molecule has 0 saturated heterocycles. The van der Waals surface area contributed by atoms with Crippen molar-refractivity contribution in [3.63, 3.8) is 0 Å². The molecule has 19 heavy (non-hydrogen) atoms. The molecule has 1 aromatic rings. The monoisotopic (exact) mass is 286 g/mol. The van der Waals surface area contributed by atoms with Crippen molar-refractivity contribution in [2.75, 3.05) is 5.32 Å². The van der Waals surface area contributed by atoms with Gasteiger partial charge in [-0.2, -0.15) is 13.2 Å². The highest BCUT2D eigenvalue weighted by atomic mass is 19.4. The molecule has 0 bridgehead atoms. The molecule has 3 N–H and O–H groups in total. The Labute approximate surface area is 103 Å². The minimum Gasteiger partial charge on any atom is -0.319 e. The first-order valence-electron chi connectivity index (χ1n) is 4.78. The molecular formula is C10H8F6N2O. The summed E-state index contributed by atoms with van der Waals surface area (Å²) in [5.74, 6) is -6.25.